The molecule has 0 amide bonds. The molecule has 0 N–H and O–H groups in total. The number of piperidine rings is 1. The molecule has 8 nitrogen and oxygen atoms in total. The highest BCUT2D eigenvalue weighted by Gasteiger charge is 2.33. The van der Waals surface area contributed by atoms with Gasteiger partial charge in [-0.25, -0.2) is 8.42 Å². The van der Waals surface area contributed by atoms with Crippen LogP contribution in [-0.2, 0) is 19.6 Å². The van der Waals surface area contributed by atoms with E-state index in [4.69, 9.17) is 4.74 Å². The van der Waals surface area contributed by atoms with Crippen LogP contribution in [0.2, 0.25) is 0 Å². The number of Topliss-reactive ketones (excluding diaryl/α,β-unsaturated/α-hetero) is 1. The number of carbonyl (C=O) groups is 2. The Hall–Kier alpha value is -2.52. The van der Waals surface area contributed by atoms with Gasteiger partial charge in [-0.1, -0.05) is 0 Å². The number of rotatable bonds is 7. The second-order valence-corrected chi connectivity index (χ2v) is 10.2. The Morgan fingerprint density at radius 3 is 2.48 bits per heavy atom. The van der Waals surface area contributed by atoms with Crippen LogP contribution in [0.25, 0.3) is 0 Å². The van der Waals surface area contributed by atoms with Crippen molar-refractivity contribution in [3.63, 3.8) is 0 Å². The van der Waals surface area contributed by atoms with Crippen LogP contribution in [0.3, 0.4) is 0 Å². The van der Waals surface area contributed by atoms with Gasteiger partial charge in [-0.05, 0) is 57.7 Å². The minimum atomic E-state index is -3.62. The number of nitrogens with zero attached hydrogens (tertiary/aromatic N) is 3. The number of aromatic nitrogens is 2. The third-order valence-electron chi connectivity index (χ3n) is 6.10. The fraction of sp³-hybridized carbons (Fsp3) is 0.500. The van der Waals surface area contributed by atoms with Crippen LogP contribution in [0, 0.1) is 19.8 Å². The summed E-state index contributed by atoms with van der Waals surface area (Å²) in [5.74, 6) is -1.06. The van der Waals surface area contributed by atoms with Gasteiger partial charge in [-0.3, -0.25) is 14.6 Å². The van der Waals surface area contributed by atoms with Crippen molar-refractivity contribution in [2.75, 3.05) is 19.7 Å². The summed E-state index contributed by atoms with van der Waals surface area (Å²) in [4.78, 5) is 29.1. The molecule has 1 aliphatic heterocycles. The van der Waals surface area contributed by atoms with Gasteiger partial charge in [0.05, 0.1) is 5.92 Å². The number of sulfonamides is 1. The van der Waals surface area contributed by atoms with Crippen LogP contribution < -0.4 is 0 Å². The predicted octanol–water partition coefficient (Wildman–Crippen LogP) is 2.66. The van der Waals surface area contributed by atoms with Gasteiger partial charge in [0.25, 0.3) is 0 Å². The average molecular weight is 446 g/mol. The Labute approximate surface area is 182 Å². The Morgan fingerprint density at radius 2 is 1.87 bits per heavy atom. The van der Waals surface area contributed by atoms with Crippen molar-refractivity contribution in [2.45, 2.75) is 50.5 Å². The lowest BCUT2D eigenvalue weighted by molar-refractivity contribution is -0.148. The van der Waals surface area contributed by atoms with E-state index >= 15 is 0 Å². The molecular weight excluding hydrogens is 418 g/mol. The Bertz CT molecular complexity index is 1080. The van der Waals surface area contributed by atoms with Crippen molar-refractivity contribution in [1.29, 1.82) is 0 Å². The molecule has 9 heteroatoms. The van der Waals surface area contributed by atoms with E-state index in [-0.39, 0.29) is 30.4 Å². The smallest absolute Gasteiger partial charge is 0.309 e. The summed E-state index contributed by atoms with van der Waals surface area (Å²) >= 11 is 0. The van der Waals surface area contributed by atoms with E-state index < -0.39 is 21.9 Å². The molecule has 2 aromatic rings. The van der Waals surface area contributed by atoms with Crippen molar-refractivity contribution in [2.24, 2.45) is 5.92 Å². The minimum Gasteiger partial charge on any atom is -0.457 e. The highest BCUT2D eigenvalue weighted by atomic mass is 32.2. The molecule has 1 saturated carbocycles. The maximum absolute atomic E-state index is 12.7. The first-order valence-corrected chi connectivity index (χ1v) is 12.0. The lowest BCUT2D eigenvalue weighted by Gasteiger charge is -2.29. The molecule has 0 atom stereocenters. The van der Waals surface area contributed by atoms with Crippen molar-refractivity contribution < 1.29 is 22.7 Å². The first kappa shape index (κ1) is 21.7. The second-order valence-electron chi connectivity index (χ2n) is 8.28. The van der Waals surface area contributed by atoms with Gasteiger partial charge < -0.3 is 9.30 Å². The Kier molecular flexibility index (Phi) is 5.98. The van der Waals surface area contributed by atoms with E-state index in [1.807, 2.05) is 19.9 Å². The zero-order chi connectivity index (χ0) is 22.2. The first-order valence-electron chi connectivity index (χ1n) is 10.6. The van der Waals surface area contributed by atoms with Gasteiger partial charge in [0.15, 0.2) is 6.61 Å². The molecule has 2 aliphatic rings. The van der Waals surface area contributed by atoms with E-state index in [9.17, 15) is 18.0 Å². The first-order chi connectivity index (χ1) is 14.8. The fourth-order valence-corrected chi connectivity index (χ4v) is 5.70. The van der Waals surface area contributed by atoms with Crippen LogP contribution in [-0.4, -0.2) is 53.7 Å². The number of ketones is 1. The largest absolute Gasteiger partial charge is 0.457 e. The molecule has 2 aromatic heterocycles. The second kappa shape index (κ2) is 8.55. The molecular formula is C22H27N3O5S. The maximum atomic E-state index is 12.7. The summed E-state index contributed by atoms with van der Waals surface area (Å²) in [5.41, 5.74) is 2.58. The van der Waals surface area contributed by atoms with Crippen molar-refractivity contribution in [3.05, 3.63) is 47.5 Å². The molecule has 2 fully saturated rings. The van der Waals surface area contributed by atoms with Gasteiger partial charge >= 0.3 is 5.97 Å². The fourth-order valence-electron chi connectivity index (χ4n) is 4.27. The highest BCUT2D eigenvalue weighted by molar-refractivity contribution is 7.89. The summed E-state index contributed by atoms with van der Waals surface area (Å²) in [6, 6.07) is 5.44. The predicted molar refractivity (Wildman–Crippen MR) is 113 cm³/mol. The Balaban J connectivity index is 1.31. The molecule has 1 saturated heterocycles. The van der Waals surface area contributed by atoms with Crippen LogP contribution in [0.4, 0.5) is 0 Å². The molecule has 3 heterocycles. The van der Waals surface area contributed by atoms with E-state index in [2.05, 4.69) is 9.55 Å². The molecule has 0 unspecified atom stereocenters. The average Bonchev–Trinajstić information content (AvgIpc) is 3.56. The molecule has 31 heavy (non-hydrogen) atoms. The highest BCUT2D eigenvalue weighted by Crippen LogP contribution is 2.38. The van der Waals surface area contributed by atoms with Crippen LogP contribution >= 0.6 is 0 Å². The van der Waals surface area contributed by atoms with Gasteiger partial charge in [0.2, 0.25) is 15.8 Å². The quantitative estimate of drug-likeness (QED) is 0.480. The van der Waals surface area contributed by atoms with Gasteiger partial charge in [0.1, 0.15) is 4.90 Å². The molecule has 4 rings (SSSR count). The summed E-state index contributed by atoms with van der Waals surface area (Å²) < 4.78 is 34.2. The monoisotopic (exact) mass is 445 g/mol. The van der Waals surface area contributed by atoms with Crippen LogP contribution in [0.5, 0.6) is 0 Å². The number of carbonyl (C=O) groups excluding carboxylic acids is 2. The summed E-state index contributed by atoms with van der Waals surface area (Å²) in [6.45, 7) is 4.09. The molecule has 0 aromatic carbocycles. The van der Waals surface area contributed by atoms with E-state index in [0.717, 1.165) is 24.2 Å². The van der Waals surface area contributed by atoms with Crippen molar-refractivity contribution in [1.82, 2.24) is 13.9 Å². The number of hydrogen-bond acceptors (Lipinski definition) is 6. The normalized spacial score (nSPS) is 18.1. The number of esters is 1. The zero-order valence-electron chi connectivity index (χ0n) is 17.8. The van der Waals surface area contributed by atoms with Gasteiger partial charge in [0, 0.05) is 48.5 Å². The van der Waals surface area contributed by atoms with Crippen LogP contribution in [0.1, 0.15) is 53.5 Å². The van der Waals surface area contributed by atoms with Crippen molar-refractivity contribution >= 4 is 21.8 Å². The lowest BCUT2D eigenvalue weighted by atomic mass is 9.98. The van der Waals surface area contributed by atoms with E-state index in [1.165, 1.54) is 22.8 Å². The molecule has 0 radical (unpaired) electrons. The number of pyridine rings is 1. The number of aryl methyl sites for hydroxylation is 1. The summed E-state index contributed by atoms with van der Waals surface area (Å²) in [6.07, 6.45) is 5.83. The van der Waals surface area contributed by atoms with Crippen molar-refractivity contribution in [3.8, 4) is 0 Å². The third-order valence-corrected chi connectivity index (χ3v) is 7.98. The lowest BCUT2D eigenvalue weighted by Crippen LogP contribution is -2.40. The maximum Gasteiger partial charge on any atom is 0.309 e. The molecule has 0 bridgehead atoms. The summed E-state index contributed by atoms with van der Waals surface area (Å²) in [7, 11) is -3.62. The third kappa shape index (κ3) is 4.43. The van der Waals surface area contributed by atoms with Crippen LogP contribution in [0.15, 0.2) is 35.5 Å². The minimum absolute atomic E-state index is 0.144. The van der Waals surface area contributed by atoms with E-state index in [0.29, 0.717) is 24.4 Å². The van der Waals surface area contributed by atoms with Gasteiger partial charge in [-0.15, -0.1) is 0 Å². The topological polar surface area (TPSA) is 98.6 Å². The Morgan fingerprint density at radius 1 is 1.16 bits per heavy atom. The molecule has 166 valence electrons. The summed E-state index contributed by atoms with van der Waals surface area (Å²) in [5, 5.41) is 0. The molecule has 1 aliphatic carbocycles. The van der Waals surface area contributed by atoms with E-state index in [1.54, 1.807) is 6.07 Å². The standard InChI is InChI=1S/C22H27N3O5S/c1-15-12-20(16(2)25(15)18-5-6-18)21(26)14-30-22(27)17-7-10-24(11-8-17)31(28,29)19-4-3-9-23-13-19/h3-4,9,12-13,17-18H,5-8,10-11,14H2,1-2H3. The van der Waals surface area contributed by atoms with Gasteiger partial charge in [-0.2, -0.15) is 4.31 Å². The number of hydrogen-bond donors (Lipinski definition) is 0. The number of ether oxygens (including phenoxy) is 1. The molecule has 0 spiro atoms. The zero-order valence-corrected chi connectivity index (χ0v) is 18.6. The SMILES string of the molecule is Cc1cc(C(=O)COC(=O)C2CCN(S(=O)(=O)c3cccnc3)CC2)c(C)n1C1CC1.